The molecule has 4 nitrogen and oxygen atoms in total. The van der Waals surface area contributed by atoms with Crippen LogP contribution in [0, 0.1) is 18.3 Å². The second kappa shape index (κ2) is 6.87. The van der Waals surface area contributed by atoms with E-state index < -0.39 is 0 Å². The lowest BCUT2D eigenvalue weighted by molar-refractivity contribution is -0.125. The van der Waals surface area contributed by atoms with Gasteiger partial charge in [0, 0.05) is 31.9 Å². The van der Waals surface area contributed by atoms with Crippen molar-refractivity contribution in [2.45, 2.75) is 32.6 Å². The summed E-state index contributed by atoms with van der Waals surface area (Å²) in [5, 5.41) is 9.36. The molecule has 0 saturated carbocycles. The SMILES string of the molecule is Cc1cc(N2CCCC2)ccc1/C=C(\C#N)C(=O)N1CCCC1. The van der Waals surface area contributed by atoms with E-state index in [2.05, 4.69) is 23.1 Å². The molecule has 2 heterocycles. The minimum absolute atomic E-state index is 0.131. The Morgan fingerprint density at radius 3 is 2.39 bits per heavy atom. The van der Waals surface area contributed by atoms with E-state index in [1.165, 1.54) is 18.5 Å². The molecule has 2 fully saturated rings. The summed E-state index contributed by atoms with van der Waals surface area (Å²) < 4.78 is 0. The van der Waals surface area contributed by atoms with Gasteiger partial charge in [0.15, 0.2) is 0 Å². The van der Waals surface area contributed by atoms with Gasteiger partial charge in [0.05, 0.1) is 0 Å². The third-order valence-corrected chi connectivity index (χ3v) is 4.77. The summed E-state index contributed by atoms with van der Waals surface area (Å²) in [6.45, 7) is 5.81. The van der Waals surface area contributed by atoms with Crippen LogP contribution < -0.4 is 4.90 Å². The quantitative estimate of drug-likeness (QED) is 0.636. The van der Waals surface area contributed by atoms with Gasteiger partial charge < -0.3 is 9.80 Å². The van der Waals surface area contributed by atoms with Gasteiger partial charge in [-0.3, -0.25) is 4.79 Å². The van der Waals surface area contributed by atoms with Crippen LogP contribution >= 0.6 is 0 Å². The number of hydrogen-bond acceptors (Lipinski definition) is 3. The molecule has 1 aromatic carbocycles. The fraction of sp³-hybridized carbons (Fsp3) is 0.474. The predicted molar refractivity (Wildman–Crippen MR) is 92.0 cm³/mol. The summed E-state index contributed by atoms with van der Waals surface area (Å²) in [6, 6.07) is 8.36. The summed E-state index contributed by atoms with van der Waals surface area (Å²) in [7, 11) is 0. The van der Waals surface area contributed by atoms with Gasteiger partial charge in [-0.25, -0.2) is 0 Å². The molecule has 2 aliphatic rings. The second-order valence-electron chi connectivity index (χ2n) is 6.40. The summed E-state index contributed by atoms with van der Waals surface area (Å²) in [4.78, 5) is 16.6. The molecule has 0 spiro atoms. The minimum Gasteiger partial charge on any atom is -0.372 e. The highest BCUT2D eigenvalue weighted by atomic mass is 16.2. The smallest absolute Gasteiger partial charge is 0.264 e. The van der Waals surface area contributed by atoms with Crippen molar-refractivity contribution in [1.82, 2.24) is 4.90 Å². The van der Waals surface area contributed by atoms with E-state index in [9.17, 15) is 10.1 Å². The van der Waals surface area contributed by atoms with Gasteiger partial charge in [-0.1, -0.05) is 6.07 Å². The Labute approximate surface area is 138 Å². The highest BCUT2D eigenvalue weighted by Crippen LogP contribution is 2.24. The third kappa shape index (κ3) is 3.39. The standard InChI is InChI=1S/C19H23N3O/c1-15-12-18(21-8-2-3-9-21)7-6-16(15)13-17(14-20)19(23)22-10-4-5-11-22/h6-7,12-13H,2-5,8-11H2,1H3/b17-13+. The summed E-state index contributed by atoms with van der Waals surface area (Å²) >= 11 is 0. The van der Waals surface area contributed by atoms with Crippen LogP contribution in [0.3, 0.4) is 0 Å². The van der Waals surface area contributed by atoms with Crippen molar-refractivity contribution in [1.29, 1.82) is 5.26 Å². The Morgan fingerprint density at radius 2 is 1.78 bits per heavy atom. The number of aryl methyl sites for hydroxylation is 1. The average Bonchev–Trinajstić information content (AvgIpc) is 3.26. The van der Waals surface area contributed by atoms with Gasteiger partial charge in [0.2, 0.25) is 0 Å². The van der Waals surface area contributed by atoms with Crippen molar-refractivity contribution in [3.05, 3.63) is 34.9 Å². The molecule has 2 aliphatic heterocycles. The highest BCUT2D eigenvalue weighted by Gasteiger charge is 2.21. The molecule has 1 amide bonds. The van der Waals surface area contributed by atoms with Crippen LogP contribution in [0.1, 0.15) is 36.8 Å². The molecular formula is C19H23N3O. The zero-order chi connectivity index (χ0) is 16.2. The first-order valence-electron chi connectivity index (χ1n) is 8.46. The molecule has 2 saturated heterocycles. The average molecular weight is 309 g/mol. The van der Waals surface area contributed by atoms with Gasteiger partial charge in [-0.05, 0) is 61.9 Å². The van der Waals surface area contributed by atoms with Gasteiger partial charge in [-0.2, -0.15) is 5.26 Å². The van der Waals surface area contributed by atoms with Crippen molar-refractivity contribution in [3.63, 3.8) is 0 Å². The first kappa shape index (κ1) is 15.6. The van der Waals surface area contributed by atoms with Crippen LogP contribution in [0.5, 0.6) is 0 Å². The fourth-order valence-corrected chi connectivity index (χ4v) is 3.38. The highest BCUT2D eigenvalue weighted by molar-refractivity contribution is 6.02. The lowest BCUT2D eigenvalue weighted by Crippen LogP contribution is -2.28. The van der Waals surface area contributed by atoms with E-state index >= 15 is 0 Å². The first-order valence-corrected chi connectivity index (χ1v) is 8.46. The van der Waals surface area contributed by atoms with Crippen LogP contribution in [0.15, 0.2) is 23.8 Å². The number of likely N-dealkylation sites (tertiary alicyclic amines) is 1. The maximum Gasteiger partial charge on any atom is 0.264 e. The molecule has 4 heteroatoms. The van der Waals surface area contributed by atoms with Crippen LogP contribution in [0.25, 0.3) is 6.08 Å². The number of nitriles is 1. The van der Waals surface area contributed by atoms with Crippen LogP contribution in [0.4, 0.5) is 5.69 Å². The topological polar surface area (TPSA) is 47.3 Å². The number of amides is 1. The van der Waals surface area contributed by atoms with E-state index in [0.29, 0.717) is 0 Å². The van der Waals surface area contributed by atoms with Crippen molar-refractivity contribution in [2.24, 2.45) is 0 Å². The second-order valence-corrected chi connectivity index (χ2v) is 6.40. The summed E-state index contributed by atoms with van der Waals surface area (Å²) in [5.41, 5.74) is 3.54. The van der Waals surface area contributed by atoms with Gasteiger partial charge in [0.1, 0.15) is 11.6 Å². The maximum absolute atomic E-state index is 12.4. The van der Waals surface area contributed by atoms with E-state index in [1.807, 2.05) is 13.0 Å². The molecule has 0 aliphatic carbocycles. The predicted octanol–water partition coefficient (Wildman–Crippen LogP) is 3.12. The van der Waals surface area contributed by atoms with Crippen LogP contribution in [-0.4, -0.2) is 37.0 Å². The van der Waals surface area contributed by atoms with Crippen molar-refractivity contribution in [3.8, 4) is 6.07 Å². The number of anilines is 1. The molecule has 3 rings (SSSR count). The normalized spacial score (nSPS) is 18.3. The molecule has 0 bridgehead atoms. The van der Waals surface area contributed by atoms with E-state index in [4.69, 9.17) is 0 Å². The Kier molecular flexibility index (Phi) is 4.66. The summed E-state index contributed by atoms with van der Waals surface area (Å²) in [5.74, 6) is -0.131. The summed E-state index contributed by atoms with van der Waals surface area (Å²) in [6.07, 6.45) is 6.32. The number of nitrogens with zero attached hydrogens (tertiary/aromatic N) is 3. The molecule has 0 unspecified atom stereocenters. The Balaban J connectivity index is 1.82. The lowest BCUT2D eigenvalue weighted by Gasteiger charge is -2.19. The molecule has 0 aromatic heterocycles. The van der Waals surface area contributed by atoms with Crippen molar-refractivity contribution < 1.29 is 4.79 Å². The molecular weight excluding hydrogens is 286 g/mol. The minimum atomic E-state index is -0.131. The lowest BCUT2D eigenvalue weighted by atomic mass is 10.0. The van der Waals surface area contributed by atoms with Crippen molar-refractivity contribution in [2.75, 3.05) is 31.1 Å². The van der Waals surface area contributed by atoms with Crippen LogP contribution in [-0.2, 0) is 4.79 Å². The first-order chi connectivity index (χ1) is 11.2. The number of benzene rings is 1. The largest absolute Gasteiger partial charge is 0.372 e. The van der Waals surface area contributed by atoms with E-state index in [1.54, 1.807) is 11.0 Å². The zero-order valence-corrected chi connectivity index (χ0v) is 13.7. The number of rotatable bonds is 3. The van der Waals surface area contributed by atoms with Crippen molar-refractivity contribution >= 4 is 17.7 Å². The Bertz CT molecular complexity index is 660. The Morgan fingerprint density at radius 1 is 1.13 bits per heavy atom. The van der Waals surface area contributed by atoms with Gasteiger partial charge in [0.25, 0.3) is 5.91 Å². The van der Waals surface area contributed by atoms with Gasteiger partial charge in [-0.15, -0.1) is 0 Å². The third-order valence-electron chi connectivity index (χ3n) is 4.77. The van der Waals surface area contributed by atoms with E-state index in [0.717, 1.165) is 50.1 Å². The molecule has 120 valence electrons. The molecule has 1 aromatic rings. The molecule has 0 radical (unpaired) electrons. The maximum atomic E-state index is 12.4. The molecule has 23 heavy (non-hydrogen) atoms. The van der Waals surface area contributed by atoms with Crippen LogP contribution in [0.2, 0.25) is 0 Å². The fourth-order valence-electron chi connectivity index (χ4n) is 3.38. The number of hydrogen-bond donors (Lipinski definition) is 0. The number of carbonyl (C=O) groups excluding carboxylic acids is 1. The monoisotopic (exact) mass is 309 g/mol. The number of carbonyl (C=O) groups is 1. The zero-order valence-electron chi connectivity index (χ0n) is 13.7. The molecule has 0 atom stereocenters. The Hall–Kier alpha value is -2.28. The van der Waals surface area contributed by atoms with Gasteiger partial charge >= 0.3 is 0 Å². The molecule has 0 N–H and O–H groups in total. The van der Waals surface area contributed by atoms with E-state index in [-0.39, 0.29) is 11.5 Å².